The molecule has 0 spiro atoms. The lowest BCUT2D eigenvalue weighted by Crippen LogP contribution is -2.15. The predicted octanol–water partition coefficient (Wildman–Crippen LogP) is 4.20. The largest absolute Gasteiger partial charge is 0.508 e. The number of esters is 1. The Morgan fingerprint density at radius 1 is 1.25 bits per heavy atom. The van der Waals surface area contributed by atoms with E-state index in [-0.39, 0.29) is 17.0 Å². The summed E-state index contributed by atoms with van der Waals surface area (Å²) in [5.74, 6) is 0.00898. The van der Waals surface area contributed by atoms with E-state index in [0.29, 0.717) is 25.0 Å². The van der Waals surface area contributed by atoms with Gasteiger partial charge in [0.15, 0.2) is 0 Å². The molecule has 0 saturated heterocycles. The first-order valence-corrected chi connectivity index (χ1v) is 8.56. The molecule has 0 amide bonds. The summed E-state index contributed by atoms with van der Waals surface area (Å²) in [5.41, 5.74) is 0.621. The molecule has 5 nitrogen and oxygen atoms in total. The number of fused-ring (bicyclic) bond motifs is 1. The van der Waals surface area contributed by atoms with Gasteiger partial charge in [-0.15, -0.1) is 11.8 Å². The van der Waals surface area contributed by atoms with Crippen LogP contribution in [-0.2, 0) is 9.53 Å². The van der Waals surface area contributed by atoms with E-state index in [4.69, 9.17) is 5.21 Å². The maximum absolute atomic E-state index is 11.2. The molecule has 2 aromatic carbocycles. The Kier molecular flexibility index (Phi) is 6.49. The van der Waals surface area contributed by atoms with Crippen LogP contribution in [0.1, 0.15) is 26.2 Å². The number of carbonyl (C=O) groups is 1. The molecule has 6 heteroatoms. The van der Waals surface area contributed by atoms with Gasteiger partial charge in [0, 0.05) is 11.3 Å². The van der Waals surface area contributed by atoms with Gasteiger partial charge in [-0.1, -0.05) is 17.3 Å². The molecule has 0 aliphatic carbocycles. The van der Waals surface area contributed by atoms with Gasteiger partial charge in [-0.25, -0.2) is 0 Å². The summed E-state index contributed by atoms with van der Waals surface area (Å²) >= 11 is 1.59. The number of phenols is 1. The Balaban J connectivity index is 2.10. The first-order chi connectivity index (χ1) is 11.5. The van der Waals surface area contributed by atoms with E-state index in [2.05, 4.69) is 9.89 Å². The molecule has 1 atom stereocenters. The SMILES string of the molecule is COC(=O)CCCC(Sc1ccc2cc(O)ccc2c1)C(C)=NO. The van der Waals surface area contributed by atoms with Crippen LogP contribution in [0.5, 0.6) is 5.75 Å². The van der Waals surface area contributed by atoms with E-state index in [1.165, 1.54) is 7.11 Å². The van der Waals surface area contributed by atoms with Crippen molar-refractivity contribution in [1.82, 2.24) is 0 Å². The minimum absolute atomic E-state index is 0.0192. The summed E-state index contributed by atoms with van der Waals surface area (Å²) < 4.78 is 4.65. The van der Waals surface area contributed by atoms with Crippen LogP contribution >= 0.6 is 11.8 Å². The molecule has 0 bridgehead atoms. The minimum Gasteiger partial charge on any atom is -0.508 e. The highest BCUT2D eigenvalue weighted by Crippen LogP contribution is 2.31. The number of benzene rings is 2. The molecule has 0 heterocycles. The standard InChI is InChI=1S/C18H21NO4S/c1-12(19-22)17(4-3-5-18(21)23-2)24-16-9-7-13-10-15(20)8-6-14(13)11-16/h6-11,17,20,22H,3-5H2,1-2H3. The number of hydrogen-bond acceptors (Lipinski definition) is 6. The van der Waals surface area contributed by atoms with Crippen LogP contribution in [0.25, 0.3) is 10.8 Å². The molecular weight excluding hydrogens is 326 g/mol. The Hall–Kier alpha value is -2.21. The zero-order valence-electron chi connectivity index (χ0n) is 13.7. The van der Waals surface area contributed by atoms with Gasteiger partial charge in [0.25, 0.3) is 0 Å². The Morgan fingerprint density at radius 2 is 1.96 bits per heavy atom. The number of hydrogen-bond donors (Lipinski definition) is 2. The first-order valence-electron chi connectivity index (χ1n) is 7.68. The van der Waals surface area contributed by atoms with Crippen LogP contribution in [0.15, 0.2) is 46.4 Å². The topological polar surface area (TPSA) is 79.1 Å². The van der Waals surface area contributed by atoms with Crippen LogP contribution in [0.3, 0.4) is 0 Å². The fraction of sp³-hybridized carbons (Fsp3) is 0.333. The number of oxime groups is 1. The number of nitrogens with zero attached hydrogens (tertiary/aromatic N) is 1. The molecule has 0 aliphatic heterocycles. The maximum Gasteiger partial charge on any atom is 0.305 e. The number of carbonyl (C=O) groups excluding carboxylic acids is 1. The van der Waals surface area contributed by atoms with Crippen molar-refractivity contribution in [3.05, 3.63) is 36.4 Å². The molecule has 128 valence electrons. The number of thioether (sulfide) groups is 1. The number of aromatic hydroxyl groups is 1. The van der Waals surface area contributed by atoms with Crippen molar-refractivity contribution >= 4 is 34.2 Å². The minimum atomic E-state index is -0.233. The number of phenolic OH excluding ortho intramolecular Hbond substituents is 1. The third-order valence-electron chi connectivity index (χ3n) is 3.77. The molecule has 2 aromatic rings. The normalized spacial score (nSPS) is 13.0. The highest BCUT2D eigenvalue weighted by Gasteiger charge is 2.16. The second-order valence-corrected chi connectivity index (χ2v) is 6.79. The van der Waals surface area contributed by atoms with E-state index < -0.39 is 0 Å². The van der Waals surface area contributed by atoms with Gasteiger partial charge in [-0.3, -0.25) is 4.79 Å². The van der Waals surface area contributed by atoms with Crippen LogP contribution in [-0.4, -0.2) is 34.4 Å². The van der Waals surface area contributed by atoms with Crippen molar-refractivity contribution < 1.29 is 19.8 Å². The summed E-state index contributed by atoms with van der Waals surface area (Å²) in [6.07, 6.45) is 1.73. The van der Waals surface area contributed by atoms with Gasteiger partial charge < -0.3 is 15.1 Å². The lowest BCUT2D eigenvalue weighted by molar-refractivity contribution is -0.140. The van der Waals surface area contributed by atoms with Crippen LogP contribution < -0.4 is 0 Å². The summed E-state index contributed by atoms with van der Waals surface area (Å²) in [7, 11) is 1.38. The average molecular weight is 347 g/mol. The molecule has 2 N–H and O–H groups in total. The Morgan fingerprint density at radius 3 is 2.67 bits per heavy atom. The lowest BCUT2D eigenvalue weighted by Gasteiger charge is -2.15. The smallest absolute Gasteiger partial charge is 0.305 e. The lowest BCUT2D eigenvalue weighted by atomic mass is 10.1. The molecule has 0 saturated carbocycles. The molecule has 0 aromatic heterocycles. The maximum atomic E-state index is 11.2. The number of rotatable bonds is 7. The molecule has 24 heavy (non-hydrogen) atoms. The zero-order valence-corrected chi connectivity index (χ0v) is 14.5. The molecule has 0 fully saturated rings. The molecule has 2 rings (SSSR count). The van der Waals surface area contributed by atoms with Gasteiger partial charge in [-0.05, 0) is 54.8 Å². The summed E-state index contributed by atoms with van der Waals surface area (Å²) in [5, 5.41) is 23.9. The summed E-state index contributed by atoms with van der Waals surface area (Å²) in [6.45, 7) is 1.77. The highest BCUT2D eigenvalue weighted by atomic mass is 32.2. The molecular formula is C18H21NO4S. The molecule has 0 aliphatic rings. The molecule has 1 unspecified atom stereocenters. The van der Waals surface area contributed by atoms with Crippen molar-refractivity contribution in [2.45, 2.75) is 36.3 Å². The van der Waals surface area contributed by atoms with Gasteiger partial charge in [0.2, 0.25) is 0 Å². The average Bonchev–Trinajstić information content (AvgIpc) is 2.60. The van der Waals surface area contributed by atoms with Gasteiger partial charge in [0.1, 0.15) is 5.75 Å². The third-order valence-corrected chi connectivity index (χ3v) is 5.16. The number of ether oxygens (including phenoxy) is 1. The van der Waals surface area contributed by atoms with E-state index >= 15 is 0 Å². The van der Waals surface area contributed by atoms with Crippen LogP contribution in [0, 0.1) is 0 Å². The fourth-order valence-corrected chi connectivity index (χ4v) is 3.57. The third kappa shape index (κ3) is 4.89. The van der Waals surface area contributed by atoms with E-state index in [0.717, 1.165) is 15.7 Å². The summed E-state index contributed by atoms with van der Waals surface area (Å²) in [6, 6.07) is 11.2. The second kappa shape index (κ2) is 8.59. The van der Waals surface area contributed by atoms with Crippen LogP contribution in [0.4, 0.5) is 0 Å². The van der Waals surface area contributed by atoms with Gasteiger partial charge in [0.05, 0.1) is 18.1 Å². The zero-order chi connectivity index (χ0) is 17.5. The Bertz CT molecular complexity index is 745. The van der Waals surface area contributed by atoms with E-state index in [1.54, 1.807) is 30.8 Å². The van der Waals surface area contributed by atoms with Crippen molar-refractivity contribution in [2.24, 2.45) is 5.16 Å². The van der Waals surface area contributed by atoms with Crippen molar-refractivity contribution in [2.75, 3.05) is 7.11 Å². The monoisotopic (exact) mass is 347 g/mol. The molecule has 0 radical (unpaired) electrons. The van der Waals surface area contributed by atoms with Crippen molar-refractivity contribution in [3.63, 3.8) is 0 Å². The fourth-order valence-electron chi connectivity index (χ4n) is 2.40. The number of methoxy groups -OCH3 is 1. The van der Waals surface area contributed by atoms with E-state index in [1.807, 2.05) is 24.3 Å². The highest BCUT2D eigenvalue weighted by molar-refractivity contribution is 8.00. The van der Waals surface area contributed by atoms with Gasteiger partial charge in [-0.2, -0.15) is 0 Å². The quantitative estimate of drug-likeness (QED) is 0.258. The second-order valence-electron chi connectivity index (χ2n) is 5.51. The van der Waals surface area contributed by atoms with Gasteiger partial charge >= 0.3 is 5.97 Å². The van der Waals surface area contributed by atoms with Crippen LogP contribution in [0.2, 0.25) is 0 Å². The Labute approximate surface area is 145 Å². The predicted molar refractivity (Wildman–Crippen MR) is 96.0 cm³/mol. The first kappa shape index (κ1) is 18.1. The van der Waals surface area contributed by atoms with Crippen molar-refractivity contribution in [3.8, 4) is 5.75 Å². The van der Waals surface area contributed by atoms with Crippen molar-refractivity contribution in [1.29, 1.82) is 0 Å². The summed E-state index contributed by atoms with van der Waals surface area (Å²) in [4.78, 5) is 12.3. The van der Waals surface area contributed by atoms with E-state index in [9.17, 15) is 9.90 Å².